The molecule has 20 heavy (non-hydrogen) atoms. The first-order chi connectivity index (χ1) is 9.48. The number of rotatable bonds is 3. The van der Waals surface area contributed by atoms with E-state index in [1.54, 1.807) is 0 Å². The highest BCUT2D eigenvalue weighted by molar-refractivity contribution is 5.72. The zero-order valence-electron chi connectivity index (χ0n) is 12.4. The highest BCUT2D eigenvalue weighted by Crippen LogP contribution is 2.50. The molecule has 0 N–H and O–H groups in total. The second kappa shape index (κ2) is 4.20. The van der Waals surface area contributed by atoms with Crippen LogP contribution in [-0.2, 0) is 19.0 Å². The van der Waals surface area contributed by atoms with Gasteiger partial charge in [-0.25, -0.2) is 0 Å². The third-order valence-electron chi connectivity index (χ3n) is 5.95. The van der Waals surface area contributed by atoms with Crippen molar-refractivity contribution < 1.29 is 19.0 Å². The van der Waals surface area contributed by atoms with Crippen molar-refractivity contribution in [1.29, 1.82) is 0 Å². The van der Waals surface area contributed by atoms with Crippen molar-refractivity contribution in [3.05, 3.63) is 0 Å². The first kappa shape index (κ1) is 13.1. The molecule has 112 valence electrons. The van der Waals surface area contributed by atoms with Crippen molar-refractivity contribution in [3.8, 4) is 0 Å². The summed E-state index contributed by atoms with van der Waals surface area (Å²) in [4.78, 5) is 12.2. The van der Waals surface area contributed by atoms with Gasteiger partial charge in [-0.1, -0.05) is 0 Å². The summed E-state index contributed by atoms with van der Waals surface area (Å²) < 4.78 is 16.9. The Morgan fingerprint density at radius 1 is 1.10 bits per heavy atom. The van der Waals surface area contributed by atoms with Crippen LogP contribution in [0.25, 0.3) is 0 Å². The number of hydrogen-bond donors (Lipinski definition) is 0. The van der Waals surface area contributed by atoms with Gasteiger partial charge in [-0.3, -0.25) is 4.79 Å². The Labute approximate surface area is 120 Å². The zero-order valence-corrected chi connectivity index (χ0v) is 12.4. The number of fused-ring (bicyclic) bond motifs is 2. The Kier molecular flexibility index (Phi) is 2.75. The molecule has 2 heterocycles. The van der Waals surface area contributed by atoms with Gasteiger partial charge in [0, 0.05) is 0 Å². The van der Waals surface area contributed by atoms with Crippen LogP contribution in [0.3, 0.4) is 0 Å². The minimum Gasteiger partial charge on any atom is -0.465 e. The van der Waals surface area contributed by atoms with Gasteiger partial charge in [0.15, 0.2) is 0 Å². The Morgan fingerprint density at radius 3 is 2.40 bits per heavy atom. The van der Waals surface area contributed by atoms with Gasteiger partial charge in [0.05, 0.1) is 35.9 Å². The Balaban J connectivity index is 1.23. The lowest BCUT2D eigenvalue weighted by atomic mass is 9.82. The number of epoxide rings is 2. The van der Waals surface area contributed by atoms with Crippen LogP contribution in [0.2, 0.25) is 0 Å². The predicted octanol–water partition coefficient (Wildman–Crippen LogP) is 2.44. The van der Waals surface area contributed by atoms with Crippen LogP contribution in [0.5, 0.6) is 0 Å². The maximum Gasteiger partial charge on any atom is 0.309 e. The molecule has 4 aliphatic rings. The number of hydrogen-bond acceptors (Lipinski definition) is 4. The van der Waals surface area contributed by atoms with Crippen LogP contribution in [0, 0.1) is 11.8 Å². The lowest BCUT2D eigenvalue weighted by Gasteiger charge is -2.24. The number of esters is 1. The van der Waals surface area contributed by atoms with Crippen molar-refractivity contribution >= 4 is 5.97 Å². The molecule has 0 amide bonds. The smallest absolute Gasteiger partial charge is 0.309 e. The molecule has 0 aromatic heterocycles. The number of ether oxygens (including phenoxy) is 3. The van der Waals surface area contributed by atoms with Gasteiger partial charge < -0.3 is 14.2 Å². The quantitative estimate of drug-likeness (QED) is 0.588. The maximum atomic E-state index is 12.2. The van der Waals surface area contributed by atoms with Gasteiger partial charge in [0.25, 0.3) is 0 Å². The summed E-state index contributed by atoms with van der Waals surface area (Å²) in [5, 5.41) is 0. The predicted molar refractivity (Wildman–Crippen MR) is 72.2 cm³/mol. The lowest BCUT2D eigenvalue weighted by Crippen LogP contribution is -2.30. The average molecular weight is 280 g/mol. The van der Waals surface area contributed by atoms with E-state index in [2.05, 4.69) is 13.8 Å². The van der Waals surface area contributed by atoms with Gasteiger partial charge in [-0.2, -0.15) is 0 Å². The molecule has 0 bridgehead atoms. The molecule has 4 nitrogen and oxygen atoms in total. The van der Waals surface area contributed by atoms with Gasteiger partial charge >= 0.3 is 5.97 Å². The first-order valence-electron chi connectivity index (χ1n) is 8.01. The number of carbonyl (C=O) groups is 1. The van der Waals surface area contributed by atoms with Gasteiger partial charge in [0.2, 0.25) is 0 Å². The maximum absolute atomic E-state index is 12.2. The van der Waals surface area contributed by atoms with E-state index in [0.717, 1.165) is 38.5 Å². The van der Waals surface area contributed by atoms with Gasteiger partial charge in [0.1, 0.15) is 0 Å². The van der Waals surface area contributed by atoms with Crippen LogP contribution >= 0.6 is 0 Å². The summed E-state index contributed by atoms with van der Waals surface area (Å²) in [7, 11) is 0. The zero-order chi connectivity index (χ0) is 14.0. The Morgan fingerprint density at radius 2 is 1.75 bits per heavy atom. The van der Waals surface area contributed by atoms with Crippen LogP contribution < -0.4 is 0 Å². The summed E-state index contributed by atoms with van der Waals surface area (Å²) in [5.74, 6) is 0.541. The third kappa shape index (κ3) is 2.17. The van der Waals surface area contributed by atoms with Crippen molar-refractivity contribution in [2.75, 3.05) is 6.61 Å². The van der Waals surface area contributed by atoms with Crippen molar-refractivity contribution in [1.82, 2.24) is 0 Å². The standard InChI is InChI=1S/C16H24O4/c1-15-5-3-10(7-12(15)19-15)9-18-14(17)11-4-6-16(2)13(8-11)20-16/h10-13H,3-9H2,1-2H3. The molecule has 4 heteroatoms. The summed E-state index contributed by atoms with van der Waals surface area (Å²) in [5.41, 5.74) is 0.228. The second-order valence-electron chi connectivity index (χ2n) is 7.58. The molecule has 4 rings (SSSR count). The monoisotopic (exact) mass is 280 g/mol. The molecule has 0 radical (unpaired) electrons. The van der Waals surface area contributed by atoms with E-state index < -0.39 is 0 Å². The van der Waals surface area contributed by atoms with Crippen LogP contribution in [0.1, 0.15) is 52.4 Å². The van der Waals surface area contributed by atoms with Crippen LogP contribution in [0.4, 0.5) is 0 Å². The summed E-state index contributed by atoms with van der Waals surface area (Å²) in [6.07, 6.45) is 6.75. The van der Waals surface area contributed by atoms with Crippen molar-refractivity contribution in [2.24, 2.45) is 11.8 Å². The van der Waals surface area contributed by atoms with Gasteiger partial charge in [-0.15, -0.1) is 0 Å². The van der Waals surface area contributed by atoms with Crippen LogP contribution in [0.15, 0.2) is 0 Å². The molecule has 2 saturated heterocycles. The van der Waals surface area contributed by atoms with E-state index in [1.807, 2.05) is 0 Å². The topological polar surface area (TPSA) is 51.4 Å². The van der Waals surface area contributed by atoms with Crippen LogP contribution in [-0.4, -0.2) is 36.0 Å². The van der Waals surface area contributed by atoms with E-state index in [9.17, 15) is 4.79 Å². The van der Waals surface area contributed by atoms with E-state index in [0.29, 0.717) is 24.7 Å². The molecule has 2 aliphatic heterocycles. The summed E-state index contributed by atoms with van der Waals surface area (Å²) in [6.45, 7) is 4.91. The van der Waals surface area contributed by atoms with Crippen molar-refractivity contribution in [2.45, 2.75) is 75.8 Å². The molecular weight excluding hydrogens is 256 g/mol. The molecule has 2 saturated carbocycles. The Hall–Kier alpha value is -0.610. The number of carbonyl (C=O) groups excluding carboxylic acids is 1. The molecule has 0 aromatic rings. The van der Waals surface area contributed by atoms with E-state index in [4.69, 9.17) is 14.2 Å². The Bertz CT molecular complexity index is 436. The average Bonchev–Trinajstić information content (AvgIpc) is 3.27. The fraction of sp³-hybridized carbons (Fsp3) is 0.938. The molecule has 0 spiro atoms. The third-order valence-corrected chi connectivity index (χ3v) is 5.95. The SMILES string of the molecule is CC12CCC(COC(=O)C3CCC4(C)OC4C3)CC1O2. The lowest BCUT2D eigenvalue weighted by molar-refractivity contribution is -0.151. The molecular formula is C16H24O4. The largest absolute Gasteiger partial charge is 0.465 e. The molecule has 4 fully saturated rings. The van der Waals surface area contributed by atoms with E-state index in [-0.39, 0.29) is 23.1 Å². The minimum absolute atomic E-state index is 0.00685. The summed E-state index contributed by atoms with van der Waals surface area (Å²) in [6, 6.07) is 0. The molecule has 0 aromatic carbocycles. The fourth-order valence-electron chi connectivity index (χ4n) is 4.05. The minimum atomic E-state index is -0.00685. The molecule has 6 atom stereocenters. The van der Waals surface area contributed by atoms with Gasteiger partial charge in [-0.05, 0) is 58.3 Å². The summed E-state index contributed by atoms with van der Waals surface area (Å²) >= 11 is 0. The fourth-order valence-corrected chi connectivity index (χ4v) is 4.05. The highest BCUT2D eigenvalue weighted by Gasteiger charge is 2.57. The van der Waals surface area contributed by atoms with E-state index >= 15 is 0 Å². The van der Waals surface area contributed by atoms with E-state index in [1.165, 1.54) is 0 Å². The molecule has 6 unspecified atom stereocenters. The molecule has 2 aliphatic carbocycles. The first-order valence-corrected chi connectivity index (χ1v) is 8.01. The normalized spacial score (nSPS) is 52.7. The second-order valence-corrected chi connectivity index (χ2v) is 7.58. The highest BCUT2D eigenvalue weighted by atomic mass is 16.6. The van der Waals surface area contributed by atoms with Crippen molar-refractivity contribution in [3.63, 3.8) is 0 Å².